The van der Waals surface area contributed by atoms with E-state index in [1.165, 1.54) is 12.1 Å². The van der Waals surface area contributed by atoms with Crippen molar-refractivity contribution in [2.45, 2.75) is 25.8 Å². The molecule has 170 valence electrons. The molecule has 2 aromatic carbocycles. The highest BCUT2D eigenvalue weighted by Crippen LogP contribution is 2.26. The first-order chi connectivity index (χ1) is 15.5. The molecule has 2 fully saturated rings. The number of likely N-dealkylation sites (N-methyl/N-ethyl adjacent to an activating group) is 1. The molecule has 2 heterocycles. The molecular formula is C25H31FN4O2. The number of para-hydroxylation sites is 1. The summed E-state index contributed by atoms with van der Waals surface area (Å²) in [5.41, 5.74) is 2.05. The van der Waals surface area contributed by atoms with Crippen molar-refractivity contribution in [3.8, 4) is 0 Å². The van der Waals surface area contributed by atoms with Crippen molar-refractivity contribution in [3.63, 3.8) is 0 Å². The fourth-order valence-corrected chi connectivity index (χ4v) is 4.53. The van der Waals surface area contributed by atoms with Gasteiger partial charge in [0, 0.05) is 56.6 Å². The van der Waals surface area contributed by atoms with Gasteiger partial charge in [0.25, 0.3) is 11.8 Å². The number of carbonyl (C=O) groups is 2. The first-order valence-electron chi connectivity index (χ1n) is 11.5. The van der Waals surface area contributed by atoms with Gasteiger partial charge in [-0.2, -0.15) is 0 Å². The minimum atomic E-state index is -0.412. The minimum Gasteiger partial charge on any atom is -0.371 e. The number of piperazine rings is 1. The van der Waals surface area contributed by atoms with Crippen LogP contribution in [0.5, 0.6) is 0 Å². The van der Waals surface area contributed by atoms with Crippen LogP contribution in [0.3, 0.4) is 0 Å². The van der Waals surface area contributed by atoms with Crippen LogP contribution in [0.2, 0.25) is 0 Å². The van der Waals surface area contributed by atoms with Crippen LogP contribution in [0.1, 0.15) is 40.5 Å². The Labute approximate surface area is 189 Å². The topological polar surface area (TPSA) is 55.9 Å². The second kappa shape index (κ2) is 10.1. The molecule has 4 rings (SSSR count). The molecule has 0 saturated carbocycles. The van der Waals surface area contributed by atoms with Crippen molar-refractivity contribution < 1.29 is 14.0 Å². The van der Waals surface area contributed by atoms with Gasteiger partial charge in [-0.1, -0.05) is 25.1 Å². The molecule has 32 heavy (non-hydrogen) atoms. The maximum Gasteiger partial charge on any atom is 0.256 e. The summed E-state index contributed by atoms with van der Waals surface area (Å²) in [5.74, 6) is -0.563. The summed E-state index contributed by atoms with van der Waals surface area (Å²) >= 11 is 0. The molecule has 2 aromatic rings. The van der Waals surface area contributed by atoms with E-state index in [2.05, 4.69) is 22.0 Å². The maximum atomic E-state index is 13.4. The molecule has 0 radical (unpaired) electrons. The Kier molecular flexibility index (Phi) is 7.05. The smallest absolute Gasteiger partial charge is 0.256 e. The van der Waals surface area contributed by atoms with Gasteiger partial charge in [0.15, 0.2) is 0 Å². The molecule has 2 saturated heterocycles. The van der Waals surface area contributed by atoms with Gasteiger partial charge in [-0.15, -0.1) is 0 Å². The Hall–Kier alpha value is -2.93. The van der Waals surface area contributed by atoms with Crippen LogP contribution in [0.25, 0.3) is 0 Å². The lowest BCUT2D eigenvalue weighted by atomic mass is 10.0. The minimum absolute atomic E-state index is 0.0343. The van der Waals surface area contributed by atoms with Crippen LogP contribution >= 0.6 is 0 Å². The molecule has 0 atom stereocenters. The number of nitrogens with one attached hydrogen (secondary N) is 1. The largest absolute Gasteiger partial charge is 0.371 e. The predicted molar refractivity (Wildman–Crippen MR) is 124 cm³/mol. The van der Waals surface area contributed by atoms with Crippen molar-refractivity contribution >= 4 is 17.5 Å². The Morgan fingerprint density at radius 2 is 1.69 bits per heavy atom. The lowest BCUT2D eigenvalue weighted by Crippen LogP contribution is -2.49. The number of halogens is 1. The lowest BCUT2D eigenvalue weighted by molar-refractivity contribution is 0.0644. The summed E-state index contributed by atoms with van der Waals surface area (Å²) in [5, 5.41) is 3.02. The molecule has 2 aliphatic heterocycles. The second-order valence-corrected chi connectivity index (χ2v) is 8.49. The Balaban J connectivity index is 1.37. The zero-order valence-corrected chi connectivity index (χ0v) is 18.6. The van der Waals surface area contributed by atoms with E-state index < -0.39 is 5.82 Å². The number of piperidine rings is 1. The fraction of sp³-hybridized carbons (Fsp3) is 0.440. The third kappa shape index (κ3) is 5.10. The zero-order chi connectivity index (χ0) is 22.5. The van der Waals surface area contributed by atoms with Gasteiger partial charge in [0.1, 0.15) is 5.82 Å². The van der Waals surface area contributed by atoms with Crippen molar-refractivity contribution in [2.24, 2.45) is 0 Å². The molecule has 0 spiro atoms. The normalized spacial score (nSPS) is 17.9. The van der Waals surface area contributed by atoms with Gasteiger partial charge in [-0.25, -0.2) is 4.39 Å². The molecule has 0 bridgehead atoms. The van der Waals surface area contributed by atoms with E-state index in [1.807, 2.05) is 29.2 Å². The molecular weight excluding hydrogens is 407 g/mol. The summed E-state index contributed by atoms with van der Waals surface area (Å²) in [7, 11) is 0. The Bertz CT molecular complexity index is 950. The number of rotatable bonds is 5. The van der Waals surface area contributed by atoms with Gasteiger partial charge < -0.3 is 20.0 Å². The van der Waals surface area contributed by atoms with E-state index in [0.717, 1.165) is 69.9 Å². The summed E-state index contributed by atoms with van der Waals surface area (Å²) < 4.78 is 13.4. The van der Waals surface area contributed by atoms with Gasteiger partial charge in [-0.05, 0) is 49.7 Å². The first-order valence-corrected chi connectivity index (χ1v) is 11.5. The number of hydrogen-bond donors (Lipinski definition) is 1. The van der Waals surface area contributed by atoms with E-state index in [1.54, 1.807) is 12.1 Å². The molecule has 0 aliphatic carbocycles. The molecule has 7 heteroatoms. The Morgan fingerprint density at radius 1 is 0.969 bits per heavy atom. The molecule has 6 nitrogen and oxygen atoms in total. The fourth-order valence-electron chi connectivity index (χ4n) is 4.53. The van der Waals surface area contributed by atoms with Crippen LogP contribution in [0.15, 0.2) is 48.5 Å². The SMILES string of the molecule is CCN1CCN(C(=O)c2ccccc2N2CCC(NC(=O)c3cccc(F)c3)CC2)CC1. The molecule has 0 aromatic heterocycles. The van der Waals surface area contributed by atoms with Crippen LogP contribution < -0.4 is 10.2 Å². The average molecular weight is 439 g/mol. The summed E-state index contributed by atoms with van der Waals surface area (Å²) in [6.07, 6.45) is 1.55. The molecule has 1 N–H and O–H groups in total. The number of amides is 2. The van der Waals surface area contributed by atoms with Crippen LogP contribution in [0, 0.1) is 5.82 Å². The third-order valence-corrected chi connectivity index (χ3v) is 6.50. The van der Waals surface area contributed by atoms with E-state index in [-0.39, 0.29) is 17.9 Å². The van der Waals surface area contributed by atoms with Crippen molar-refractivity contribution in [1.82, 2.24) is 15.1 Å². The van der Waals surface area contributed by atoms with E-state index in [9.17, 15) is 14.0 Å². The number of benzene rings is 2. The van der Waals surface area contributed by atoms with Gasteiger partial charge >= 0.3 is 0 Å². The van der Waals surface area contributed by atoms with Crippen molar-refractivity contribution in [3.05, 3.63) is 65.5 Å². The maximum absolute atomic E-state index is 13.4. The van der Waals surface area contributed by atoms with Gasteiger partial charge in [-0.3, -0.25) is 9.59 Å². The number of nitrogens with zero attached hydrogens (tertiary/aromatic N) is 3. The number of hydrogen-bond acceptors (Lipinski definition) is 4. The molecule has 2 aliphatic rings. The molecule has 2 amide bonds. The number of anilines is 1. The van der Waals surface area contributed by atoms with Crippen molar-refractivity contribution in [1.29, 1.82) is 0 Å². The van der Waals surface area contributed by atoms with E-state index >= 15 is 0 Å². The average Bonchev–Trinajstić information content (AvgIpc) is 2.84. The Morgan fingerprint density at radius 3 is 2.38 bits per heavy atom. The summed E-state index contributed by atoms with van der Waals surface area (Å²) in [6, 6.07) is 13.6. The quantitative estimate of drug-likeness (QED) is 0.780. The highest BCUT2D eigenvalue weighted by atomic mass is 19.1. The standard InChI is InChI=1S/C25H31FN4O2/c1-2-28-14-16-30(17-15-28)25(32)22-8-3-4-9-23(22)29-12-10-21(11-13-29)27-24(31)19-6-5-7-20(26)18-19/h3-9,18,21H,2,10-17H2,1H3,(H,27,31). The van der Waals surface area contributed by atoms with Crippen LogP contribution in [0.4, 0.5) is 10.1 Å². The van der Waals surface area contributed by atoms with Crippen molar-refractivity contribution in [2.75, 3.05) is 50.7 Å². The van der Waals surface area contributed by atoms with Crippen LogP contribution in [-0.4, -0.2) is 73.5 Å². The van der Waals surface area contributed by atoms with E-state index in [0.29, 0.717) is 5.56 Å². The first kappa shape index (κ1) is 22.3. The highest BCUT2D eigenvalue weighted by Gasteiger charge is 2.27. The summed E-state index contributed by atoms with van der Waals surface area (Å²) in [4.78, 5) is 32.2. The third-order valence-electron chi connectivity index (χ3n) is 6.50. The zero-order valence-electron chi connectivity index (χ0n) is 18.6. The summed E-state index contributed by atoms with van der Waals surface area (Å²) in [6.45, 7) is 8.02. The predicted octanol–water partition coefficient (Wildman–Crippen LogP) is 3.00. The highest BCUT2D eigenvalue weighted by molar-refractivity contribution is 6.00. The van der Waals surface area contributed by atoms with E-state index in [4.69, 9.17) is 0 Å². The van der Waals surface area contributed by atoms with Gasteiger partial charge in [0.05, 0.1) is 5.56 Å². The molecule has 0 unspecified atom stereocenters. The monoisotopic (exact) mass is 438 g/mol. The number of carbonyl (C=O) groups excluding carboxylic acids is 2. The lowest BCUT2D eigenvalue weighted by Gasteiger charge is -2.37. The second-order valence-electron chi connectivity index (χ2n) is 8.49. The van der Waals surface area contributed by atoms with Gasteiger partial charge in [0.2, 0.25) is 0 Å². The van der Waals surface area contributed by atoms with Crippen LogP contribution in [-0.2, 0) is 0 Å².